The molecule has 2 aliphatic rings. The van der Waals surface area contributed by atoms with Gasteiger partial charge in [-0.1, -0.05) is 48.5 Å². The highest BCUT2D eigenvalue weighted by Gasteiger charge is 2.31. The second kappa shape index (κ2) is 6.74. The van der Waals surface area contributed by atoms with E-state index in [1.807, 2.05) is 30.3 Å². The molecule has 3 aromatic rings. The van der Waals surface area contributed by atoms with E-state index in [2.05, 4.69) is 5.10 Å². The van der Waals surface area contributed by atoms with Crippen molar-refractivity contribution < 1.29 is 14.4 Å². The van der Waals surface area contributed by atoms with E-state index in [0.717, 1.165) is 0 Å². The molecule has 5 rings (SSSR count). The van der Waals surface area contributed by atoms with Crippen molar-refractivity contribution in [2.24, 2.45) is 5.10 Å². The van der Waals surface area contributed by atoms with E-state index in [-0.39, 0.29) is 17.5 Å². The average Bonchev–Trinajstić information content (AvgIpc) is 3.06. The number of ketones is 2. The van der Waals surface area contributed by atoms with Crippen LogP contribution in [0.25, 0.3) is 6.08 Å². The second-order valence-corrected chi connectivity index (χ2v) is 7.20. The highest BCUT2D eigenvalue weighted by atomic mass is 16.2. The van der Waals surface area contributed by atoms with Gasteiger partial charge in [-0.3, -0.25) is 14.4 Å². The summed E-state index contributed by atoms with van der Waals surface area (Å²) in [6.45, 7) is 1.77. The summed E-state index contributed by atoms with van der Waals surface area (Å²) in [6, 6.07) is 21.1. The Labute approximate surface area is 173 Å². The van der Waals surface area contributed by atoms with E-state index in [1.165, 1.54) is 5.01 Å². The summed E-state index contributed by atoms with van der Waals surface area (Å²) in [5.74, 6) is -0.581. The van der Waals surface area contributed by atoms with Gasteiger partial charge in [-0.25, -0.2) is 0 Å². The third kappa shape index (κ3) is 2.71. The first-order valence-corrected chi connectivity index (χ1v) is 9.54. The first-order valence-electron chi connectivity index (χ1n) is 9.54. The summed E-state index contributed by atoms with van der Waals surface area (Å²) in [5.41, 5.74) is 3.97. The van der Waals surface area contributed by atoms with Crippen LogP contribution in [0.1, 0.15) is 44.3 Å². The van der Waals surface area contributed by atoms with Crippen LogP contribution in [-0.4, -0.2) is 23.2 Å². The van der Waals surface area contributed by atoms with Gasteiger partial charge in [0.2, 0.25) is 0 Å². The number of nitrogens with zero attached hydrogens (tertiary/aromatic N) is 2. The maximum Gasteiger partial charge on any atom is 0.280 e. The lowest BCUT2D eigenvalue weighted by Crippen LogP contribution is -2.21. The van der Waals surface area contributed by atoms with Gasteiger partial charge >= 0.3 is 0 Å². The molecule has 0 atom stereocenters. The molecule has 0 spiro atoms. The van der Waals surface area contributed by atoms with Crippen molar-refractivity contribution >= 4 is 34.9 Å². The largest absolute Gasteiger partial charge is 0.289 e. The van der Waals surface area contributed by atoms with E-state index in [4.69, 9.17) is 0 Å². The first kappa shape index (κ1) is 17.9. The van der Waals surface area contributed by atoms with Gasteiger partial charge in [-0.2, -0.15) is 10.1 Å². The molecule has 0 bridgehead atoms. The summed E-state index contributed by atoms with van der Waals surface area (Å²) in [6.07, 6.45) is 1.71. The number of para-hydroxylation sites is 1. The lowest BCUT2D eigenvalue weighted by Gasteiger charge is -2.17. The van der Waals surface area contributed by atoms with E-state index >= 15 is 0 Å². The highest BCUT2D eigenvalue weighted by Crippen LogP contribution is 2.29. The molecular weight excluding hydrogens is 376 g/mol. The number of hydrogen-bond donors (Lipinski definition) is 0. The average molecular weight is 392 g/mol. The summed E-state index contributed by atoms with van der Waals surface area (Å²) >= 11 is 0. The van der Waals surface area contributed by atoms with E-state index < -0.39 is 0 Å². The number of carbonyl (C=O) groups excluding carboxylic acids is 3. The number of fused-ring (bicyclic) bond motifs is 2. The standard InChI is InChI=1S/C25H16N2O3/c1-15-21(25(30)27(26-15)17-7-3-2-4-8-17)13-16-11-12-20-22(14-16)24(29)19-10-6-5-9-18(19)23(20)28/h2-14H,1H3/b21-13-. The van der Waals surface area contributed by atoms with Gasteiger partial charge < -0.3 is 0 Å². The molecule has 1 aliphatic carbocycles. The fourth-order valence-corrected chi connectivity index (χ4v) is 3.80. The van der Waals surface area contributed by atoms with Gasteiger partial charge in [-0.05, 0) is 42.8 Å². The molecule has 0 fully saturated rings. The van der Waals surface area contributed by atoms with Crippen molar-refractivity contribution in [3.63, 3.8) is 0 Å². The van der Waals surface area contributed by atoms with Crippen LogP contribution in [0.4, 0.5) is 5.69 Å². The maximum atomic E-state index is 12.9. The zero-order valence-corrected chi connectivity index (χ0v) is 16.1. The van der Waals surface area contributed by atoms with Crippen molar-refractivity contribution in [2.75, 3.05) is 5.01 Å². The lowest BCUT2D eigenvalue weighted by atomic mass is 9.83. The van der Waals surface area contributed by atoms with E-state index in [0.29, 0.717) is 44.8 Å². The van der Waals surface area contributed by atoms with Gasteiger partial charge in [0.15, 0.2) is 11.6 Å². The molecule has 3 aromatic carbocycles. The van der Waals surface area contributed by atoms with Crippen LogP contribution >= 0.6 is 0 Å². The Kier molecular flexibility index (Phi) is 4.03. The van der Waals surface area contributed by atoms with Crippen molar-refractivity contribution in [3.8, 4) is 0 Å². The minimum Gasteiger partial charge on any atom is -0.289 e. The molecule has 5 heteroatoms. The molecule has 0 aromatic heterocycles. The predicted molar refractivity (Wildman–Crippen MR) is 115 cm³/mol. The predicted octanol–water partition coefficient (Wildman–Crippen LogP) is 4.27. The fourth-order valence-electron chi connectivity index (χ4n) is 3.80. The normalized spacial score (nSPS) is 16.6. The van der Waals surface area contributed by atoms with Gasteiger partial charge in [0.05, 0.1) is 17.0 Å². The molecule has 1 heterocycles. The van der Waals surface area contributed by atoms with Gasteiger partial charge in [0, 0.05) is 22.3 Å². The van der Waals surface area contributed by atoms with Crippen LogP contribution in [0.5, 0.6) is 0 Å². The molecule has 5 nitrogen and oxygen atoms in total. The quantitative estimate of drug-likeness (QED) is 0.479. The molecule has 0 radical (unpaired) electrons. The minimum atomic E-state index is -0.232. The second-order valence-electron chi connectivity index (χ2n) is 7.20. The van der Waals surface area contributed by atoms with Gasteiger partial charge in [-0.15, -0.1) is 0 Å². The molecule has 0 saturated heterocycles. The van der Waals surface area contributed by atoms with Crippen LogP contribution in [0.15, 0.2) is 83.5 Å². The number of hydrazone groups is 1. The summed E-state index contributed by atoms with van der Waals surface area (Å²) < 4.78 is 0. The number of carbonyl (C=O) groups is 3. The Balaban J connectivity index is 1.53. The highest BCUT2D eigenvalue weighted by molar-refractivity contribution is 6.32. The summed E-state index contributed by atoms with van der Waals surface area (Å²) in [7, 11) is 0. The lowest BCUT2D eigenvalue weighted by molar-refractivity contribution is -0.114. The van der Waals surface area contributed by atoms with E-state index in [1.54, 1.807) is 55.5 Å². The number of benzene rings is 3. The van der Waals surface area contributed by atoms with Crippen molar-refractivity contribution in [2.45, 2.75) is 6.92 Å². The van der Waals surface area contributed by atoms with Crippen LogP contribution in [0.3, 0.4) is 0 Å². The SMILES string of the molecule is CC1=NN(c2ccccc2)C(=O)/C1=C\c1ccc2c(c1)C(=O)c1ccccc1C2=O. The zero-order chi connectivity index (χ0) is 20.8. The summed E-state index contributed by atoms with van der Waals surface area (Å²) in [4.78, 5) is 38.6. The number of amides is 1. The van der Waals surface area contributed by atoms with Crippen molar-refractivity contribution in [1.82, 2.24) is 0 Å². The van der Waals surface area contributed by atoms with Crippen molar-refractivity contribution in [1.29, 1.82) is 0 Å². The minimum absolute atomic E-state index is 0.163. The van der Waals surface area contributed by atoms with Crippen LogP contribution in [0, 0.1) is 0 Å². The van der Waals surface area contributed by atoms with Gasteiger partial charge in [0.25, 0.3) is 5.91 Å². The Morgan fingerprint density at radius 2 is 1.33 bits per heavy atom. The Bertz CT molecular complexity index is 1300. The molecule has 30 heavy (non-hydrogen) atoms. The fraction of sp³-hybridized carbons (Fsp3) is 0.0400. The number of hydrogen-bond acceptors (Lipinski definition) is 4. The van der Waals surface area contributed by atoms with Crippen LogP contribution < -0.4 is 5.01 Å². The first-order chi connectivity index (χ1) is 14.5. The molecule has 0 saturated carbocycles. The number of rotatable bonds is 2. The molecule has 1 amide bonds. The third-order valence-corrected chi connectivity index (χ3v) is 5.32. The topological polar surface area (TPSA) is 66.8 Å². The maximum absolute atomic E-state index is 12.9. The van der Waals surface area contributed by atoms with Crippen LogP contribution in [-0.2, 0) is 4.79 Å². The zero-order valence-electron chi connectivity index (χ0n) is 16.1. The summed E-state index contributed by atoms with van der Waals surface area (Å²) in [5, 5.41) is 5.74. The monoisotopic (exact) mass is 392 g/mol. The Hall–Kier alpha value is -4.12. The third-order valence-electron chi connectivity index (χ3n) is 5.32. The molecule has 144 valence electrons. The molecule has 0 unspecified atom stereocenters. The van der Waals surface area contributed by atoms with E-state index in [9.17, 15) is 14.4 Å². The van der Waals surface area contributed by atoms with Gasteiger partial charge in [0.1, 0.15) is 0 Å². The molecule has 0 N–H and O–H groups in total. The Morgan fingerprint density at radius 1 is 0.733 bits per heavy atom. The number of anilines is 1. The van der Waals surface area contributed by atoms with Crippen LogP contribution in [0.2, 0.25) is 0 Å². The Morgan fingerprint density at radius 3 is 2.03 bits per heavy atom. The van der Waals surface area contributed by atoms with Crippen molar-refractivity contribution in [3.05, 3.63) is 106 Å². The molecule has 1 aliphatic heterocycles. The molecular formula is C25H16N2O3. The smallest absolute Gasteiger partial charge is 0.280 e.